The second-order valence-electron chi connectivity index (χ2n) is 6.90. The summed E-state index contributed by atoms with van der Waals surface area (Å²) < 4.78 is 33.2. The van der Waals surface area contributed by atoms with Crippen molar-refractivity contribution in [1.82, 2.24) is 0 Å². The first kappa shape index (κ1) is 23.9. The number of carbonyl (C=O) groups is 1. The Labute approximate surface area is 197 Å². The van der Waals surface area contributed by atoms with Gasteiger partial charge < -0.3 is 10.1 Å². The van der Waals surface area contributed by atoms with Crippen molar-refractivity contribution in [3.8, 4) is 5.75 Å². The monoisotopic (exact) mass is 492 g/mol. The van der Waals surface area contributed by atoms with Crippen LogP contribution in [-0.2, 0) is 10.0 Å². The molecule has 1 amide bonds. The van der Waals surface area contributed by atoms with Crippen molar-refractivity contribution >= 4 is 50.5 Å². The Kier molecular flexibility index (Phi) is 7.33. The number of methoxy groups -OCH3 is 1. The highest BCUT2D eigenvalue weighted by Gasteiger charge is 2.26. The quantitative estimate of drug-likeness (QED) is 0.453. The highest BCUT2D eigenvalue weighted by Crippen LogP contribution is 2.32. The first-order valence-electron chi connectivity index (χ1n) is 9.71. The average molecular weight is 493 g/mol. The van der Waals surface area contributed by atoms with E-state index < -0.39 is 15.9 Å². The molecule has 1 N–H and O–H groups in total. The minimum atomic E-state index is -3.92. The second kappa shape index (κ2) is 9.81. The summed E-state index contributed by atoms with van der Waals surface area (Å²) in [5.74, 6) is -0.204. The topological polar surface area (TPSA) is 75.7 Å². The molecule has 9 heteroatoms. The van der Waals surface area contributed by atoms with Gasteiger partial charge in [0.25, 0.3) is 15.9 Å². The predicted molar refractivity (Wildman–Crippen MR) is 129 cm³/mol. The van der Waals surface area contributed by atoms with Crippen LogP contribution in [0.5, 0.6) is 5.75 Å². The molecular formula is C23H22Cl2N2O4S. The molecule has 0 aromatic heterocycles. The molecule has 3 rings (SSSR count). The number of amides is 1. The Bertz CT molecular complexity index is 1250. The maximum Gasteiger partial charge on any atom is 0.264 e. The third-order valence-corrected chi connectivity index (χ3v) is 7.47. The molecule has 0 heterocycles. The summed E-state index contributed by atoms with van der Waals surface area (Å²) in [5.41, 5.74) is 1.68. The van der Waals surface area contributed by atoms with Crippen LogP contribution in [0, 0.1) is 6.92 Å². The Morgan fingerprint density at radius 3 is 2.34 bits per heavy atom. The van der Waals surface area contributed by atoms with Crippen LogP contribution in [0.15, 0.2) is 65.6 Å². The highest BCUT2D eigenvalue weighted by molar-refractivity contribution is 7.92. The van der Waals surface area contributed by atoms with Crippen molar-refractivity contribution in [2.24, 2.45) is 0 Å². The number of nitrogens with one attached hydrogen (secondary N) is 1. The van der Waals surface area contributed by atoms with E-state index in [1.165, 1.54) is 29.6 Å². The number of hydrogen-bond donors (Lipinski definition) is 1. The van der Waals surface area contributed by atoms with Crippen LogP contribution >= 0.6 is 23.2 Å². The lowest BCUT2D eigenvalue weighted by Crippen LogP contribution is -2.31. The summed E-state index contributed by atoms with van der Waals surface area (Å²) in [7, 11) is -2.46. The highest BCUT2D eigenvalue weighted by atomic mass is 35.5. The molecule has 32 heavy (non-hydrogen) atoms. The van der Waals surface area contributed by atoms with E-state index in [1.807, 2.05) is 0 Å². The fourth-order valence-corrected chi connectivity index (χ4v) is 5.03. The van der Waals surface area contributed by atoms with Gasteiger partial charge in [0.2, 0.25) is 0 Å². The normalized spacial score (nSPS) is 11.2. The number of halogens is 2. The summed E-state index contributed by atoms with van der Waals surface area (Å²) in [5, 5.41) is 3.34. The molecule has 0 spiro atoms. The number of anilines is 2. The Morgan fingerprint density at radius 2 is 1.72 bits per heavy atom. The van der Waals surface area contributed by atoms with Crippen molar-refractivity contribution in [1.29, 1.82) is 0 Å². The average Bonchev–Trinajstić information content (AvgIpc) is 2.77. The first-order valence-corrected chi connectivity index (χ1v) is 11.9. The van der Waals surface area contributed by atoms with Crippen LogP contribution in [0.4, 0.5) is 11.4 Å². The van der Waals surface area contributed by atoms with Gasteiger partial charge in [-0.3, -0.25) is 9.10 Å². The van der Waals surface area contributed by atoms with Crippen LogP contribution in [-0.4, -0.2) is 28.0 Å². The van der Waals surface area contributed by atoms with E-state index in [1.54, 1.807) is 56.3 Å². The Hall–Kier alpha value is -2.74. The lowest BCUT2D eigenvalue weighted by atomic mass is 10.1. The van der Waals surface area contributed by atoms with Gasteiger partial charge in [0.1, 0.15) is 5.75 Å². The standard InChI is InChI=1S/C23H22Cl2N2O4S/c1-4-27(16-8-6-5-7-9-16)32(29,30)17-10-11-19(24)18(13-17)23(28)26-21-12-15(2)20(25)14-22(21)31-3/h5-14H,4H2,1-3H3,(H,26,28). The molecule has 3 aromatic rings. The van der Waals surface area contributed by atoms with Gasteiger partial charge in [-0.05, 0) is 55.8 Å². The van der Waals surface area contributed by atoms with E-state index in [4.69, 9.17) is 27.9 Å². The second-order valence-corrected chi connectivity index (χ2v) is 9.58. The maximum atomic E-state index is 13.3. The van der Waals surface area contributed by atoms with Crippen molar-refractivity contribution in [2.45, 2.75) is 18.7 Å². The van der Waals surface area contributed by atoms with E-state index in [0.29, 0.717) is 22.1 Å². The third-order valence-electron chi connectivity index (χ3n) is 4.83. The molecule has 0 unspecified atom stereocenters. The molecule has 0 aliphatic rings. The summed E-state index contributed by atoms with van der Waals surface area (Å²) >= 11 is 12.4. The fourth-order valence-electron chi connectivity index (χ4n) is 3.17. The smallest absolute Gasteiger partial charge is 0.264 e. The molecule has 168 valence electrons. The SMILES string of the molecule is CCN(c1ccccc1)S(=O)(=O)c1ccc(Cl)c(C(=O)Nc2cc(C)c(Cl)cc2OC)c1. The van der Waals surface area contributed by atoms with Gasteiger partial charge >= 0.3 is 0 Å². The van der Waals surface area contributed by atoms with Gasteiger partial charge in [-0.15, -0.1) is 0 Å². The van der Waals surface area contributed by atoms with Crippen molar-refractivity contribution in [2.75, 3.05) is 23.3 Å². The molecule has 3 aromatic carbocycles. The molecule has 0 fully saturated rings. The zero-order valence-electron chi connectivity index (χ0n) is 17.7. The maximum absolute atomic E-state index is 13.3. The van der Waals surface area contributed by atoms with Crippen LogP contribution < -0.4 is 14.4 Å². The molecule has 0 aliphatic carbocycles. The largest absolute Gasteiger partial charge is 0.495 e. The van der Waals surface area contributed by atoms with Crippen LogP contribution in [0.25, 0.3) is 0 Å². The Morgan fingerprint density at radius 1 is 1.03 bits per heavy atom. The third kappa shape index (κ3) is 4.85. The minimum Gasteiger partial charge on any atom is -0.495 e. The lowest BCUT2D eigenvalue weighted by molar-refractivity contribution is 0.102. The van der Waals surface area contributed by atoms with Gasteiger partial charge in [0, 0.05) is 17.6 Å². The molecule has 0 saturated heterocycles. The van der Waals surface area contributed by atoms with Crippen molar-refractivity contribution < 1.29 is 17.9 Å². The molecule has 0 saturated carbocycles. The van der Waals surface area contributed by atoms with E-state index in [9.17, 15) is 13.2 Å². The zero-order valence-corrected chi connectivity index (χ0v) is 20.1. The number of aryl methyl sites for hydroxylation is 1. The number of hydrogen-bond acceptors (Lipinski definition) is 4. The summed E-state index contributed by atoms with van der Waals surface area (Å²) in [6.45, 7) is 3.75. The number of rotatable bonds is 7. The van der Waals surface area contributed by atoms with Gasteiger partial charge in [0.15, 0.2) is 0 Å². The number of ether oxygens (including phenoxy) is 1. The summed E-state index contributed by atoms with van der Waals surface area (Å²) in [6.07, 6.45) is 0. The van der Waals surface area contributed by atoms with Crippen molar-refractivity contribution in [3.05, 3.63) is 81.8 Å². The van der Waals surface area contributed by atoms with E-state index in [0.717, 1.165) is 5.56 Å². The van der Waals surface area contributed by atoms with Crippen LogP contribution in [0.3, 0.4) is 0 Å². The van der Waals surface area contributed by atoms with Gasteiger partial charge in [-0.25, -0.2) is 8.42 Å². The minimum absolute atomic E-state index is 0.0199. The Balaban J connectivity index is 1.99. The number of benzene rings is 3. The van der Waals surface area contributed by atoms with Crippen LogP contribution in [0.2, 0.25) is 10.0 Å². The van der Waals surface area contributed by atoms with E-state index in [-0.39, 0.29) is 22.0 Å². The van der Waals surface area contributed by atoms with Crippen molar-refractivity contribution in [3.63, 3.8) is 0 Å². The fraction of sp³-hybridized carbons (Fsp3) is 0.174. The van der Waals surface area contributed by atoms with E-state index >= 15 is 0 Å². The molecular weight excluding hydrogens is 471 g/mol. The lowest BCUT2D eigenvalue weighted by Gasteiger charge is -2.23. The van der Waals surface area contributed by atoms with E-state index in [2.05, 4.69) is 5.32 Å². The molecule has 0 radical (unpaired) electrons. The summed E-state index contributed by atoms with van der Waals surface area (Å²) in [6, 6.07) is 16.1. The molecule has 0 atom stereocenters. The molecule has 0 aliphatic heterocycles. The first-order chi connectivity index (χ1) is 15.2. The zero-order chi connectivity index (χ0) is 23.5. The van der Waals surface area contributed by atoms with Gasteiger partial charge in [0.05, 0.1) is 34.0 Å². The number of carbonyl (C=O) groups excluding carboxylic acids is 1. The predicted octanol–water partition coefficient (Wildman–Crippen LogP) is 5.78. The molecule has 6 nitrogen and oxygen atoms in total. The number of nitrogens with zero attached hydrogens (tertiary/aromatic N) is 1. The van der Waals surface area contributed by atoms with Gasteiger partial charge in [-0.1, -0.05) is 41.4 Å². The number of sulfonamides is 1. The summed E-state index contributed by atoms with van der Waals surface area (Å²) in [4.78, 5) is 13.0. The molecule has 0 bridgehead atoms. The number of para-hydroxylation sites is 1. The van der Waals surface area contributed by atoms with Crippen LogP contribution in [0.1, 0.15) is 22.8 Å². The van der Waals surface area contributed by atoms with Gasteiger partial charge in [-0.2, -0.15) is 0 Å².